The van der Waals surface area contributed by atoms with Gasteiger partial charge in [0.1, 0.15) is 5.40 Å². The molecule has 0 unspecified atom stereocenters. The van der Waals surface area contributed by atoms with Crippen LogP contribution in [0.4, 0.5) is 5.69 Å². The fourth-order valence-corrected chi connectivity index (χ4v) is 3.44. The second-order valence-corrected chi connectivity index (χ2v) is 7.64. The van der Waals surface area contributed by atoms with Crippen LogP contribution in [0.15, 0.2) is 52.5 Å². The maximum atomic E-state index is 12.2. The minimum absolute atomic E-state index is 0.134. The number of aromatic amines is 1. The first-order valence-electron chi connectivity index (χ1n) is 8.14. The number of hydrogen-bond acceptors (Lipinski definition) is 6. The number of nitriles is 1. The molecule has 0 radical (unpaired) electrons. The summed E-state index contributed by atoms with van der Waals surface area (Å²) < 4.78 is 0. The molecule has 0 saturated carbocycles. The molecule has 0 saturated heterocycles. The topological polar surface area (TPSA) is 94.5 Å². The second-order valence-electron chi connectivity index (χ2n) is 5.84. The highest BCUT2D eigenvalue weighted by molar-refractivity contribution is 8.03. The molecule has 0 aliphatic carbocycles. The summed E-state index contributed by atoms with van der Waals surface area (Å²) in [6.45, 7) is 3.93. The molecule has 0 aliphatic rings. The van der Waals surface area contributed by atoms with Gasteiger partial charge in [0.15, 0.2) is 5.82 Å². The summed E-state index contributed by atoms with van der Waals surface area (Å²) >= 11 is 2.37. The molecular weight excluding hydrogens is 378 g/mol. The van der Waals surface area contributed by atoms with E-state index in [2.05, 4.69) is 20.5 Å². The molecule has 1 aromatic heterocycles. The van der Waals surface area contributed by atoms with Crippen molar-refractivity contribution in [2.75, 3.05) is 11.1 Å². The van der Waals surface area contributed by atoms with Crippen LogP contribution in [-0.2, 0) is 4.79 Å². The minimum atomic E-state index is -0.134. The molecule has 0 fully saturated rings. The van der Waals surface area contributed by atoms with E-state index in [-0.39, 0.29) is 11.7 Å². The lowest BCUT2D eigenvalue weighted by Gasteiger charge is -2.08. The second kappa shape index (κ2) is 8.75. The van der Waals surface area contributed by atoms with E-state index in [0.29, 0.717) is 11.0 Å². The number of thioether (sulfide) groups is 2. The Morgan fingerprint density at radius 1 is 1.22 bits per heavy atom. The first kappa shape index (κ1) is 19.0. The van der Waals surface area contributed by atoms with Gasteiger partial charge in [0.25, 0.3) is 0 Å². The molecule has 3 aromatic rings. The molecule has 0 bridgehead atoms. The molecule has 0 atom stereocenters. The van der Waals surface area contributed by atoms with Gasteiger partial charge in [0, 0.05) is 16.1 Å². The Labute approximate surface area is 165 Å². The van der Waals surface area contributed by atoms with Crippen molar-refractivity contribution >= 4 is 35.1 Å². The number of rotatable bonds is 6. The Morgan fingerprint density at radius 3 is 2.70 bits per heavy atom. The van der Waals surface area contributed by atoms with Gasteiger partial charge in [-0.05, 0) is 49.4 Å². The van der Waals surface area contributed by atoms with Crippen molar-refractivity contribution in [3.63, 3.8) is 0 Å². The molecule has 2 aromatic carbocycles. The summed E-state index contributed by atoms with van der Waals surface area (Å²) in [4.78, 5) is 17.5. The first-order chi connectivity index (χ1) is 13.0. The van der Waals surface area contributed by atoms with E-state index in [9.17, 15) is 4.79 Å². The number of anilines is 1. The van der Waals surface area contributed by atoms with E-state index in [1.54, 1.807) is 6.07 Å². The van der Waals surface area contributed by atoms with E-state index < -0.39 is 0 Å². The lowest BCUT2D eigenvalue weighted by molar-refractivity contribution is -0.113. The Kier molecular flexibility index (Phi) is 6.16. The van der Waals surface area contributed by atoms with Gasteiger partial charge < -0.3 is 5.32 Å². The van der Waals surface area contributed by atoms with E-state index >= 15 is 0 Å². The van der Waals surface area contributed by atoms with Gasteiger partial charge in [0.2, 0.25) is 11.1 Å². The third-order valence-electron chi connectivity index (χ3n) is 3.76. The highest BCUT2D eigenvalue weighted by atomic mass is 32.2. The molecule has 6 nitrogen and oxygen atoms in total. The van der Waals surface area contributed by atoms with Crippen molar-refractivity contribution in [3.05, 3.63) is 53.6 Å². The largest absolute Gasteiger partial charge is 0.325 e. The van der Waals surface area contributed by atoms with Crippen molar-refractivity contribution in [3.8, 4) is 16.8 Å². The maximum absolute atomic E-state index is 12.2. The molecule has 2 N–H and O–H groups in total. The predicted octanol–water partition coefficient (Wildman–Crippen LogP) is 4.39. The van der Waals surface area contributed by atoms with Crippen LogP contribution in [0.5, 0.6) is 0 Å². The molecule has 0 aliphatic heterocycles. The van der Waals surface area contributed by atoms with Gasteiger partial charge in [-0.1, -0.05) is 41.6 Å². The van der Waals surface area contributed by atoms with Crippen LogP contribution in [0.1, 0.15) is 11.1 Å². The van der Waals surface area contributed by atoms with Crippen LogP contribution in [-0.4, -0.2) is 26.8 Å². The van der Waals surface area contributed by atoms with Crippen molar-refractivity contribution in [1.82, 2.24) is 15.2 Å². The zero-order chi connectivity index (χ0) is 19.2. The summed E-state index contributed by atoms with van der Waals surface area (Å²) in [6.07, 6.45) is 0. The van der Waals surface area contributed by atoms with Crippen LogP contribution in [0.2, 0.25) is 0 Å². The van der Waals surface area contributed by atoms with E-state index in [0.717, 1.165) is 33.5 Å². The van der Waals surface area contributed by atoms with Gasteiger partial charge in [-0.2, -0.15) is 5.26 Å². The quantitative estimate of drug-likeness (QED) is 0.475. The van der Waals surface area contributed by atoms with Crippen LogP contribution < -0.4 is 5.32 Å². The number of H-pyrrole nitrogens is 1. The Morgan fingerprint density at radius 2 is 2.00 bits per heavy atom. The predicted molar refractivity (Wildman–Crippen MR) is 109 cm³/mol. The van der Waals surface area contributed by atoms with Crippen molar-refractivity contribution in [1.29, 1.82) is 5.26 Å². The fraction of sp³-hybridized carbons (Fsp3) is 0.158. The molecule has 136 valence electrons. The number of carbonyl (C=O) groups excluding carboxylic acids is 1. The molecule has 1 amide bonds. The lowest BCUT2D eigenvalue weighted by Crippen LogP contribution is -2.14. The third kappa shape index (κ3) is 5.12. The average Bonchev–Trinajstić information content (AvgIpc) is 3.12. The summed E-state index contributed by atoms with van der Waals surface area (Å²) in [7, 11) is 0. The number of aryl methyl sites for hydroxylation is 2. The van der Waals surface area contributed by atoms with Gasteiger partial charge in [0.05, 0.1) is 5.75 Å². The summed E-state index contributed by atoms with van der Waals surface area (Å²) in [5.74, 6) is 0.754. The van der Waals surface area contributed by atoms with Crippen LogP contribution >= 0.6 is 23.5 Å². The normalized spacial score (nSPS) is 10.4. The number of benzene rings is 2. The summed E-state index contributed by atoms with van der Waals surface area (Å²) in [5, 5.41) is 21.2. The van der Waals surface area contributed by atoms with Crippen LogP contribution in [0, 0.1) is 24.5 Å². The van der Waals surface area contributed by atoms with E-state index in [1.165, 1.54) is 17.3 Å². The average molecular weight is 396 g/mol. The number of thiocyanates is 1. The lowest BCUT2D eigenvalue weighted by atomic mass is 10.1. The zero-order valence-corrected chi connectivity index (χ0v) is 16.4. The SMILES string of the molecule is Cc1ccc(-c2nc(SCC(=O)Nc3ccc(SC#N)cc3C)n[nH]2)cc1. The number of hydrogen-bond donors (Lipinski definition) is 2. The van der Waals surface area contributed by atoms with Crippen molar-refractivity contribution < 1.29 is 4.79 Å². The van der Waals surface area contributed by atoms with Gasteiger partial charge in [-0.15, -0.1) is 5.10 Å². The number of nitrogens with zero attached hydrogens (tertiary/aromatic N) is 3. The monoisotopic (exact) mass is 395 g/mol. The number of carbonyl (C=O) groups is 1. The molecule has 3 rings (SSSR count). The van der Waals surface area contributed by atoms with Gasteiger partial charge in [-0.25, -0.2) is 4.98 Å². The Balaban J connectivity index is 1.57. The van der Waals surface area contributed by atoms with Gasteiger partial charge >= 0.3 is 0 Å². The summed E-state index contributed by atoms with van der Waals surface area (Å²) in [5.41, 5.74) is 3.78. The minimum Gasteiger partial charge on any atom is -0.325 e. The van der Waals surface area contributed by atoms with Gasteiger partial charge in [-0.3, -0.25) is 9.89 Å². The molecule has 0 spiro atoms. The number of amides is 1. The summed E-state index contributed by atoms with van der Waals surface area (Å²) in [6, 6.07) is 13.5. The highest BCUT2D eigenvalue weighted by Crippen LogP contribution is 2.24. The molecule has 1 heterocycles. The molecular formula is C19H17N5OS2. The Hall–Kier alpha value is -2.76. The third-order valence-corrected chi connectivity index (χ3v) is 5.19. The Bertz CT molecular complexity index is 992. The maximum Gasteiger partial charge on any atom is 0.234 e. The fourth-order valence-electron chi connectivity index (χ4n) is 2.36. The highest BCUT2D eigenvalue weighted by Gasteiger charge is 2.10. The van der Waals surface area contributed by atoms with Crippen LogP contribution in [0.25, 0.3) is 11.4 Å². The molecule has 8 heteroatoms. The first-order valence-corrected chi connectivity index (χ1v) is 9.94. The number of nitrogens with one attached hydrogen (secondary N) is 2. The molecule has 27 heavy (non-hydrogen) atoms. The van der Waals surface area contributed by atoms with E-state index in [1.807, 2.05) is 55.6 Å². The smallest absolute Gasteiger partial charge is 0.234 e. The standard InChI is InChI=1S/C19H17N5OS2/c1-12-3-5-14(6-4-12)18-22-19(24-23-18)26-10-17(25)21-16-8-7-15(27-11-20)9-13(16)2/h3-9H,10H2,1-2H3,(H,21,25)(H,22,23,24). The van der Waals surface area contributed by atoms with Crippen molar-refractivity contribution in [2.24, 2.45) is 0 Å². The van der Waals surface area contributed by atoms with Crippen molar-refractivity contribution in [2.45, 2.75) is 23.9 Å². The van der Waals surface area contributed by atoms with E-state index in [4.69, 9.17) is 5.26 Å². The van der Waals surface area contributed by atoms with Crippen LogP contribution in [0.3, 0.4) is 0 Å². The number of aromatic nitrogens is 3. The zero-order valence-electron chi connectivity index (χ0n) is 14.8.